The molecule has 1 aliphatic heterocycles. The fraction of sp³-hybridized carbons (Fsp3) is 0.519. The molecule has 1 unspecified atom stereocenters. The van der Waals surface area contributed by atoms with Crippen LogP contribution in [-0.4, -0.2) is 25.7 Å². The van der Waals surface area contributed by atoms with Crippen molar-refractivity contribution in [2.24, 2.45) is 0 Å². The Hall–Kier alpha value is -2.69. The standard InChI is InChI=1S/C27H38N2O3/c1-4-7-10-19-31-23-14-11-21(12-15-23)28-26-24-16-13-22(20-25(24)27(30)32-26)29(17-8-5-2)18-9-6-3/h11-16,20,26,28H,4-10,17-19H2,1-3H3. The van der Waals surface area contributed by atoms with E-state index in [0.717, 1.165) is 74.5 Å². The molecule has 1 heterocycles. The van der Waals surface area contributed by atoms with Crippen molar-refractivity contribution >= 4 is 17.3 Å². The van der Waals surface area contributed by atoms with E-state index in [4.69, 9.17) is 9.47 Å². The number of anilines is 2. The number of unbranched alkanes of at least 4 members (excludes halogenated alkanes) is 4. The molecule has 0 aliphatic carbocycles. The number of fused-ring (bicyclic) bond motifs is 1. The Bertz CT molecular complexity index is 842. The highest BCUT2D eigenvalue weighted by atomic mass is 16.6. The van der Waals surface area contributed by atoms with Gasteiger partial charge in [-0.3, -0.25) is 0 Å². The molecule has 32 heavy (non-hydrogen) atoms. The Kier molecular flexibility index (Phi) is 9.27. The van der Waals surface area contributed by atoms with Crippen LogP contribution < -0.4 is 15.0 Å². The zero-order valence-corrected chi connectivity index (χ0v) is 19.9. The van der Waals surface area contributed by atoms with Crippen LogP contribution in [0.4, 0.5) is 11.4 Å². The average molecular weight is 439 g/mol. The molecule has 1 N–H and O–H groups in total. The predicted molar refractivity (Wildman–Crippen MR) is 132 cm³/mol. The number of hydrogen-bond acceptors (Lipinski definition) is 5. The molecule has 0 fully saturated rings. The first kappa shape index (κ1) is 24.0. The second-order valence-corrected chi connectivity index (χ2v) is 8.48. The number of carbonyl (C=O) groups is 1. The van der Waals surface area contributed by atoms with Gasteiger partial charge in [-0.05, 0) is 55.7 Å². The van der Waals surface area contributed by atoms with Gasteiger partial charge < -0.3 is 19.7 Å². The number of carbonyl (C=O) groups excluding carboxylic acids is 1. The first-order chi connectivity index (χ1) is 15.7. The molecule has 1 aliphatic rings. The lowest BCUT2D eigenvalue weighted by atomic mass is 10.1. The second kappa shape index (κ2) is 12.4. The molecule has 2 aromatic carbocycles. The molecular formula is C27H38N2O3. The Morgan fingerprint density at radius 1 is 0.906 bits per heavy atom. The van der Waals surface area contributed by atoms with E-state index in [-0.39, 0.29) is 5.97 Å². The highest BCUT2D eigenvalue weighted by Gasteiger charge is 2.31. The van der Waals surface area contributed by atoms with E-state index in [1.165, 1.54) is 12.8 Å². The van der Waals surface area contributed by atoms with Crippen LogP contribution in [-0.2, 0) is 4.74 Å². The maximum absolute atomic E-state index is 12.6. The first-order valence-corrected chi connectivity index (χ1v) is 12.3. The van der Waals surface area contributed by atoms with Gasteiger partial charge in [0.15, 0.2) is 0 Å². The Morgan fingerprint density at radius 3 is 2.25 bits per heavy atom. The van der Waals surface area contributed by atoms with Crippen molar-refractivity contribution in [1.82, 2.24) is 0 Å². The van der Waals surface area contributed by atoms with Crippen molar-refractivity contribution in [3.63, 3.8) is 0 Å². The summed E-state index contributed by atoms with van der Waals surface area (Å²) < 4.78 is 11.4. The Balaban J connectivity index is 1.66. The molecule has 1 atom stereocenters. The van der Waals surface area contributed by atoms with Gasteiger partial charge in [-0.1, -0.05) is 52.5 Å². The van der Waals surface area contributed by atoms with Crippen LogP contribution in [0.2, 0.25) is 0 Å². The fourth-order valence-corrected chi connectivity index (χ4v) is 3.90. The van der Waals surface area contributed by atoms with E-state index >= 15 is 0 Å². The minimum absolute atomic E-state index is 0.263. The number of cyclic esters (lactones) is 1. The summed E-state index contributed by atoms with van der Waals surface area (Å²) in [6, 6.07) is 14.0. The third-order valence-corrected chi connectivity index (χ3v) is 5.86. The molecule has 0 radical (unpaired) electrons. The summed E-state index contributed by atoms with van der Waals surface area (Å²) in [5.74, 6) is 0.598. The maximum atomic E-state index is 12.6. The van der Waals surface area contributed by atoms with E-state index in [1.54, 1.807) is 0 Å². The largest absolute Gasteiger partial charge is 0.494 e. The van der Waals surface area contributed by atoms with Crippen molar-refractivity contribution in [1.29, 1.82) is 0 Å². The number of nitrogens with zero attached hydrogens (tertiary/aromatic N) is 1. The molecule has 0 spiro atoms. The molecule has 0 saturated heterocycles. The molecule has 3 rings (SSSR count). The number of esters is 1. The van der Waals surface area contributed by atoms with Crippen LogP contribution in [0.1, 0.15) is 87.9 Å². The second-order valence-electron chi connectivity index (χ2n) is 8.48. The molecule has 5 heteroatoms. The summed E-state index contributed by atoms with van der Waals surface area (Å²) >= 11 is 0. The highest BCUT2D eigenvalue weighted by Crippen LogP contribution is 2.34. The van der Waals surface area contributed by atoms with E-state index in [1.807, 2.05) is 36.4 Å². The maximum Gasteiger partial charge on any atom is 0.340 e. The third kappa shape index (κ3) is 6.41. The van der Waals surface area contributed by atoms with Gasteiger partial charge in [0, 0.05) is 30.0 Å². The monoisotopic (exact) mass is 438 g/mol. The van der Waals surface area contributed by atoms with Crippen molar-refractivity contribution in [3.8, 4) is 5.75 Å². The summed E-state index contributed by atoms with van der Waals surface area (Å²) in [5, 5.41) is 3.34. The number of nitrogens with one attached hydrogen (secondary N) is 1. The number of hydrogen-bond donors (Lipinski definition) is 1. The van der Waals surface area contributed by atoms with Crippen LogP contribution in [0.5, 0.6) is 5.75 Å². The summed E-state index contributed by atoms with van der Waals surface area (Å²) in [4.78, 5) is 15.0. The number of ether oxygens (including phenoxy) is 2. The molecular weight excluding hydrogens is 400 g/mol. The molecule has 2 aromatic rings. The van der Waals surface area contributed by atoms with Gasteiger partial charge in [0.25, 0.3) is 0 Å². The Morgan fingerprint density at radius 2 is 1.59 bits per heavy atom. The van der Waals surface area contributed by atoms with E-state index in [2.05, 4.69) is 37.1 Å². The lowest BCUT2D eigenvalue weighted by Gasteiger charge is -2.25. The van der Waals surface area contributed by atoms with Gasteiger partial charge in [-0.15, -0.1) is 0 Å². The minimum atomic E-state index is -0.470. The zero-order valence-electron chi connectivity index (χ0n) is 19.9. The summed E-state index contributed by atoms with van der Waals surface area (Å²) in [6.45, 7) is 9.37. The molecule has 0 saturated carbocycles. The number of benzene rings is 2. The van der Waals surface area contributed by atoms with Gasteiger partial charge in [-0.2, -0.15) is 0 Å². The van der Waals surface area contributed by atoms with E-state index in [0.29, 0.717) is 5.56 Å². The summed E-state index contributed by atoms with van der Waals surface area (Å²) in [6.07, 6.45) is 7.58. The van der Waals surface area contributed by atoms with Crippen molar-refractivity contribution < 1.29 is 14.3 Å². The molecule has 0 amide bonds. The SMILES string of the molecule is CCCCCOc1ccc(NC2OC(=O)c3cc(N(CCCC)CCCC)ccc32)cc1. The van der Waals surface area contributed by atoms with Crippen LogP contribution >= 0.6 is 0 Å². The molecule has 0 bridgehead atoms. The van der Waals surface area contributed by atoms with Crippen molar-refractivity contribution in [2.45, 2.75) is 71.9 Å². The third-order valence-electron chi connectivity index (χ3n) is 5.86. The van der Waals surface area contributed by atoms with Crippen LogP contribution in [0.25, 0.3) is 0 Å². The quantitative estimate of drug-likeness (QED) is 0.256. The summed E-state index contributed by atoms with van der Waals surface area (Å²) in [7, 11) is 0. The van der Waals surface area contributed by atoms with Gasteiger partial charge in [0.05, 0.1) is 12.2 Å². The Labute approximate surface area is 193 Å². The van der Waals surface area contributed by atoms with Crippen LogP contribution in [0.3, 0.4) is 0 Å². The lowest BCUT2D eigenvalue weighted by Crippen LogP contribution is -2.25. The highest BCUT2D eigenvalue weighted by molar-refractivity contribution is 5.95. The van der Waals surface area contributed by atoms with Crippen molar-refractivity contribution in [3.05, 3.63) is 53.6 Å². The van der Waals surface area contributed by atoms with Gasteiger partial charge in [0.2, 0.25) is 6.23 Å². The smallest absolute Gasteiger partial charge is 0.340 e. The predicted octanol–water partition coefficient (Wildman–Crippen LogP) is 6.94. The van der Waals surface area contributed by atoms with Crippen LogP contribution in [0, 0.1) is 0 Å². The summed E-state index contributed by atoms with van der Waals surface area (Å²) in [5.41, 5.74) is 3.56. The first-order valence-electron chi connectivity index (χ1n) is 12.3. The van der Waals surface area contributed by atoms with E-state index in [9.17, 15) is 4.79 Å². The van der Waals surface area contributed by atoms with E-state index < -0.39 is 6.23 Å². The molecule has 0 aromatic heterocycles. The fourth-order valence-electron chi connectivity index (χ4n) is 3.90. The van der Waals surface area contributed by atoms with Gasteiger partial charge in [0.1, 0.15) is 5.75 Å². The van der Waals surface area contributed by atoms with Gasteiger partial charge in [-0.25, -0.2) is 4.79 Å². The van der Waals surface area contributed by atoms with Crippen LogP contribution in [0.15, 0.2) is 42.5 Å². The zero-order chi connectivity index (χ0) is 22.8. The normalized spacial score (nSPS) is 14.7. The number of rotatable bonds is 14. The lowest BCUT2D eigenvalue weighted by molar-refractivity contribution is 0.0437. The molecule has 174 valence electrons. The van der Waals surface area contributed by atoms with Gasteiger partial charge >= 0.3 is 5.97 Å². The molecule has 5 nitrogen and oxygen atoms in total. The van der Waals surface area contributed by atoms with Crippen molar-refractivity contribution in [2.75, 3.05) is 29.9 Å². The minimum Gasteiger partial charge on any atom is -0.494 e. The topological polar surface area (TPSA) is 50.8 Å². The average Bonchev–Trinajstić information content (AvgIpc) is 3.12.